The Bertz CT molecular complexity index is 190. The summed E-state index contributed by atoms with van der Waals surface area (Å²) < 4.78 is 0. The van der Waals surface area contributed by atoms with Gasteiger partial charge < -0.3 is 0 Å². The number of hydrogen-bond acceptors (Lipinski definition) is 3. The van der Waals surface area contributed by atoms with Gasteiger partial charge in [0.25, 0.3) is 5.12 Å². The zero-order valence-electron chi connectivity index (χ0n) is 9.88. The lowest BCUT2D eigenvalue weighted by molar-refractivity contribution is -0.131. The van der Waals surface area contributed by atoms with Crippen LogP contribution < -0.4 is 0 Å². The van der Waals surface area contributed by atoms with Crippen molar-refractivity contribution in [3.8, 4) is 0 Å². The highest BCUT2D eigenvalue weighted by atomic mass is 32.2. The maximum atomic E-state index is 11.1. The van der Waals surface area contributed by atoms with Gasteiger partial charge in [-0.2, -0.15) is 0 Å². The van der Waals surface area contributed by atoms with E-state index in [1.54, 1.807) is 6.26 Å². The van der Waals surface area contributed by atoms with Crippen molar-refractivity contribution in [2.24, 2.45) is 0 Å². The van der Waals surface area contributed by atoms with E-state index >= 15 is 0 Å². The van der Waals surface area contributed by atoms with Gasteiger partial charge in [0.15, 0.2) is 0 Å². The first-order chi connectivity index (χ1) is 7.22. The first kappa shape index (κ1) is 14.7. The molecule has 0 radical (unpaired) electrons. The Morgan fingerprint density at radius 3 is 2.00 bits per heavy atom. The molecule has 2 nitrogen and oxygen atoms in total. The smallest absolute Gasteiger partial charge is 0.254 e. The summed E-state index contributed by atoms with van der Waals surface area (Å²) in [4.78, 5) is 22.1. The Balaban J connectivity index is 3.24. The number of unbranched alkanes of at least 4 members (excludes halogenated alkanes) is 6. The van der Waals surface area contributed by atoms with E-state index in [2.05, 4.69) is 6.92 Å². The van der Waals surface area contributed by atoms with Gasteiger partial charge in [-0.1, -0.05) is 57.2 Å². The maximum Gasteiger partial charge on any atom is 0.254 e. The van der Waals surface area contributed by atoms with Crippen LogP contribution in [0.5, 0.6) is 0 Å². The van der Waals surface area contributed by atoms with E-state index in [1.807, 2.05) is 0 Å². The predicted octanol–water partition coefficient (Wildman–Crippen LogP) is 3.59. The van der Waals surface area contributed by atoms with Crippen molar-refractivity contribution in [2.45, 2.75) is 58.3 Å². The fourth-order valence-corrected chi connectivity index (χ4v) is 1.79. The molecule has 0 rings (SSSR count). The van der Waals surface area contributed by atoms with Crippen molar-refractivity contribution < 1.29 is 9.59 Å². The van der Waals surface area contributed by atoms with Gasteiger partial charge in [0, 0.05) is 6.42 Å². The van der Waals surface area contributed by atoms with Gasteiger partial charge in [-0.05, 0) is 12.7 Å². The second-order valence-electron chi connectivity index (χ2n) is 3.79. The molecule has 0 aliphatic rings. The molecule has 0 aromatic rings. The minimum absolute atomic E-state index is 0.212. The van der Waals surface area contributed by atoms with Gasteiger partial charge in [-0.25, -0.2) is 0 Å². The number of carbonyl (C=O) groups excluding carboxylic acids is 2. The van der Waals surface area contributed by atoms with Gasteiger partial charge in [0.1, 0.15) is 0 Å². The quantitative estimate of drug-likeness (QED) is 0.448. The van der Waals surface area contributed by atoms with Gasteiger partial charge in [0.05, 0.1) is 0 Å². The normalized spacial score (nSPS) is 10.3. The van der Waals surface area contributed by atoms with Crippen LogP contribution in [0, 0.1) is 0 Å². The average Bonchev–Trinajstić information content (AvgIpc) is 2.26. The molecule has 15 heavy (non-hydrogen) atoms. The molecule has 0 aromatic carbocycles. The van der Waals surface area contributed by atoms with Crippen LogP contribution in [0.3, 0.4) is 0 Å². The van der Waals surface area contributed by atoms with Crippen LogP contribution in [0.2, 0.25) is 0 Å². The largest absolute Gasteiger partial charge is 0.290 e. The zero-order valence-corrected chi connectivity index (χ0v) is 10.7. The van der Waals surface area contributed by atoms with Crippen LogP contribution in [-0.2, 0) is 9.59 Å². The first-order valence-corrected chi connectivity index (χ1v) is 7.06. The Hall–Kier alpha value is -0.310. The standard InChI is InChI=1S/C12H22O2S/c1-3-4-5-6-7-8-9-10-11(13)12(14)15-2/h3-10H2,1-2H3. The summed E-state index contributed by atoms with van der Waals surface area (Å²) in [5.74, 6) is -0.212. The molecule has 88 valence electrons. The lowest BCUT2D eigenvalue weighted by Crippen LogP contribution is -2.08. The van der Waals surface area contributed by atoms with Crippen molar-refractivity contribution in [1.29, 1.82) is 0 Å². The predicted molar refractivity (Wildman–Crippen MR) is 66.1 cm³/mol. The van der Waals surface area contributed by atoms with E-state index in [9.17, 15) is 9.59 Å². The maximum absolute atomic E-state index is 11.1. The molecular weight excluding hydrogens is 208 g/mol. The van der Waals surface area contributed by atoms with Crippen LogP contribution in [0.4, 0.5) is 0 Å². The minimum atomic E-state index is -0.291. The van der Waals surface area contributed by atoms with Gasteiger partial charge in [-0.3, -0.25) is 9.59 Å². The number of ketones is 1. The van der Waals surface area contributed by atoms with Crippen molar-refractivity contribution in [3.63, 3.8) is 0 Å². The molecule has 0 heterocycles. The molecule has 0 saturated carbocycles. The molecule has 0 saturated heterocycles. The zero-order chi connectivity index (χ0) is 11.5. The van der Waals surface area contributed by atoms with Crippen LogP contribution in [0.25, 0.3) is 0 Å². The van der Waals surface area contributed by atoms with Gasteiger partial charge in [0.2, 0.25) is 5.78 Å². The summed E-state index contributed by atoms with van der Waals surface area (Å²) in [7, 11) is 0. The van der Waals surface area contributed by atoms with Crippen LogP contribution >= 0.6 is 11.8 Å². The fraction of sp³-hybridized carbons (Fsp3) is 0.833. The Morgan fingerprint density at radius 1 is 0.933 bits per heavy atom. The molecule has 0 unspecified atom stereocenters. The SMILES string of the molecule is CCCCCCCCCC(=O)C(=O)SC. The summed E-state index contributed by atoms with van der Waals surface area (Å²) in [6.07, 6.45) is 10.4. The summed E-state index contributed by atoms with van der Waals surface area (Å²) >= 11 is 1.02. The highest BCUT2D eigenvalue weighted by molar-refractivity contribution is 8.14. The number of thioether (sulfide) groups is 1. The van der Waals surface area contributed by atoms with E-state index in [4.69, 9.17) is 0 Å². The third-order valence-corrected chi connectivity index (χ3v) is 3.02. The molecule has 3 heteroatoms. The van der Waals surface area contributed by atoms with E-state index in [0.29, 0.717) is 6.42 Å². The summed E-state index contributed by atoms with van der Waals surface area (Å²) in [6, 6.07) is 0. The highest BCUT2D eigenvalue weighted by Gasteiger charge is 2.10. The Morgan fingerprint density at radius 2 is 1.47 bits per heavy atom. The third kappa shape index (κ3) is 8.67. The summed E-state index contributed by atoms with van der Waals surface area (Å²) in [5, 5.41) is -0.291. The van der Waals surface area contributed by atoms with E-state index in [-0.39, 0.29) is 10.9 Å². The molecule has 0 aliphatic heterocycles. The average molecular weight is 230 g/mol. The first-order valence-electron chi connectivity index (χ1n) is 5.83. The summed E-state index contributed by atoms with van der Waals surface area (Å²) in [6.45, 7) is 2.20. The fourth-order valence-electron chi connectivity index (χ4n) is 1.46. The summed E-state index contributed by atoms with van der Waals surface area (Å²) in [5.41, 5.74) is 0. The van der Waals surface area contributed by atoms with Crippen molar-refractivity contribution in [2.75, 3.05) is 6.26 Å². The lowest BCUT2D eigenvalue weighted by atomic mass is 10.1. The number of rotatable bonds is 9. The lowest BCUT2D eigenvalue weighted by Gasteiger charge is -2.00. The van der Waals surface area contributed by atoms with Gasteiger partial charge in [-0.15, -0.1) is 0 Å². The molecule has 0 aliphatic carbocycles. The van der Waals surface area contributed by atoms with E-state index in [0.717, 1.165) is 24.6 Å². The van der Waals surface area contributed by atoms with Crippen LogP contribution in [-0.4, -0.2) is 17.2 Å². The molecule has 0 spiro atoms. The number of carbonyl (C=O) groups is 2. The monoisotopic (exact) mass is 230 g/mol. The number of Topliss-reactive ketones (excluding diaryl/α,β-unsaturated/α-hetero) is 1. The van der Waals surface area contributed by atoms with E-state index in [1.165, 1.54) is 32.1 Å². The van der Waals surface area contributed by atoms with Crippen molar-refractivity contribution >= 4 is 22.7 Å². The highest BCUT2D eigenvalue weighted by Crippen LogP contribution is 2.09. The molecule has 0 fully saturated rings. The second-order valence-corrected chi connectivity index (χ2v) is 4.57. The van der Waals surface area contributed by atoms with Crippen LogP contribution in [0.1, 0.15) is 58.3 Å². The Kier molecular flexibility index (Phi) is 10.0. The second kappa shape index (κ2) is 10.2. The molecule has 0 N–H and O–H groups in total. The van der Waals surface area contributed by atoms with Crippen molar-refractivity contribution in [1.82, 2.24) is 0 Å². The molecule has 0 atom stereocenters. The van der Waals surface area contributed by atoms with Crippen LogP contribution in [0.15, 0.2) is 0 Å². The van der Waals surface area contributed by atoms with E-state index < -0.39 is 0 Å². The van der Waals surface area contributed by atoms with Crippen molar-refractivity contribution in [3.05, 3.63) is 0 Å². The molecule has 0 amide bonds. The molecular formula is C12H22O2S. The number of hydrogen-bond donors (Lipinski definition) is 0. The Labute approximate surface area is 97.2 Å². The molecule has 0 bridgehead atoms. The third-order valence-electron chi connectivity index (χ3n) is 2.42. The van der Waals surface area contributed by atoms with Gasteiger partial charge >= 0.3 is 0 Å². The molecule has 0 aromatic heterocycles. The minimum Gasteiger partial charge on any atom is -0.290 e. The topological polar surface area (TPSA) is 34.1 Å².